The van der Waals surface area contributed by atoms with Crippen LogP contribution in [0.2, 0.25) is 0 Å². The van der Waals surface area contributed by atoms with E-state index in [1.165, 1.54) is 18.4 Å². The van der Waals surface area contributed by atoms with Gasteiger partial charge in [0.25, 0.3) is 0 Å². The van der Waals surface area contributed by atoms with Gasteiger partial charge in [-0.05, 0) is 43.4 Å². The summed E-state index contributed by atoms with van der Waals surface area (Å²) in [7, 11) is 1.69. The van der Waals surface area contributed by atoms with E-state index in [0.717, 1.165) is 31.7 Å². The van der Waals surface area contributed by atoms with Crippen LogP contribution in [0.5, 0.6) is 5.75 Å². The number of benzene rings is 1. The second-order valence-corrected chi connectivity index (χ2v) is 5.91. The summed E-state index contributed by atoms with van der Waals surface area (Å²) in [5, 5.41) is 3.56. The smallest absolute Gasteiger partial charge is 0.118 e. The molecule has 1 heterocycles. The Balaban J connectivity index is 1.58. The fourth-order valence-electron chi connectivity index (χ4n) is 2.65. The Morgan fingerprint density at radius 3 is 2.67 bits per heavy atom. The molecule has 2 atom stereocenters. The molecule has 21 heavy (non-hydrogen) atoms. The van der Waals surface area contributed by atoms with E-state index in [0.29, 0.717) is 12.6 Å². The fourth-order valence-corrected chi connectivity index (χ4v) is 2.65. The van der Waals surface area contributed by atoms with Crippen LogP contribution >= 0.6 is 0 Å². The van der Waals surface area contributed by atoms with Gasteiger partial charge < -0.3 is 19.5 Å². The molecular formula is C17H25NO3. The van der Waals surface area contributed by atoms with Gasteiger partial charge >= 0.3 is 0 Å². The molecule has 0 radical (unpaired) electrons. The minimum Gasteiger partial charge on any atom is -0.497 e. The van der Waals surface area contributed by atoms with E-state index >= 15 is 0 Å². The maximum atomic E-state index is 6.14. The molecule has 2 aliphatic rings. The van der Waals surface area contributed by atoms with Crippen molar-refractivity contribution in [2.24, 2.45) is 0 Å². The van der Waals surface area contributed by atoms with Gasteiger partial charge in [-0.25, -0.2) is 0 Å². The minimum atomic E-state index is 0.0840. The van der Waals surface area contributed by atoms with E-state index in [-0.39, 0.29) is 12.2 Å². The van der Waals surface area contributed by atoms with Crippen molar-refractivity contribution in [3.05, 3.63) is 29.8 Å². The second-order valence-electron chi connectivity index (χ2n) is 5.91. The molecule has 3 rings (SSSR count). The summed E-state index contributed by atoms with van der Waals surface area (Å²) in [5.41, 5.74) is 1.20. The summed E-state index contributed by atoms with van der Waals surface area (Å²) >= 11 is 0. The molecule has 4 nitrogen and oxygen atoms in total. The quantitative estimate of drug-likeness (QED) is 0.799. The Morgan fingerprint density at radius 2 is 2.05 bits per heavy atom. The Hall–Kier alpha value is -1.10. The molecule has 0 amide bonds. The van der Waals surface area contributed by atoms with E-state index in [9.17, 15) is 0 Å². The van der Waals surface area contributed by atoms with Crippen LogP contribution in [0.1, 0.15) is 37.4 Å². The van der Waals surface area contributed by atoms with Crippen LogP contribution < -0.4 is 10.1 Å². The molecule has 116 valence electrons. The molecule has 0 aromatic heterocycles. The first kappa shape index (κ1) is 14.8. The number of rotatable bonds is 8. The maximum Gasteiger partial charge on any atom is 0.118 e. The molecular weight excluding hydrogens is 266 g/mol. The molecule has 4 heteroatoms. The highest BCUT2D eigenvalue weighted by Gasteiger charge is 2.24. The Bertz CT molecular complexity index is 424. The zero-order valence-corrected chi connectivity index (χ0v) is 12.7. The van der Waals surface area contributed by atoms with Crippen molar-refractivity contribution >= 4 is 0 Å². The van der Waals surface area contributed by atoms with Crippen LogP contribution in [0.3, 0.4) is 0 Å². The number of methoxy groups -OCH3 is 1. The zero-order valence-electron chi connectivity index (χ0n) is 12.7. The topological polar surface area (TPSA) is 39.7 Å². The van der Waals surface area contributed by atoms with Crippen LogP contribution in [0.15, 0.2) is 24.3 Å². The predicted molar refractivity (Wildman–Crippen MR) is 81.7 cm³/mol. The lowest BCUT2D eigenvalue weighted by Gasteiger charge is -2.21. The molecule has 1 saturated heterocycles. The summed E-state index contributed by atoms with van der Waals surface area (Å²) < 4.78 is 17.0. The van der Waals surface area contributed by atoms with Gasteiger partial charge in [-0.15, -0.1) is 0 Å². The van der Waals surface area contributed by atoms with Crippen molar-refractivity contribution in [3.63, 3.8) is 0 Å². The van der Waals surface area contributed by atoms with Crippen molar-refractivity contribution < 1.29 is 14.2 Å². The standard InChI is InChI=1S/C17H25NO3/c1-19-15-8-4-13(5-9-15)17(11-18-14-6-7-14)21-12-16-3-2-10-20-16/h4-5,8-9,14,16-18H,2-3,6-7,10-12H2,1H3. The van der Waals surface area contributed by atoms with Crippen molar-refractivity contribution in [1.82, 2.24) is 5.32 Å². The maximum absolute atomic E-state index is 6.14. The average Bonchev–Trinajstić information content (AvgIpc) is 3.21. The minimum absolute atomic E-state index is 0.0840. The van der Waals surface area contributed by atoms with Crippen LogP contribution in [0.4, 0.5) is 0 Å². The third-order valence-corrected chi connectivity index (χ3v) is 4.16. The van der Waals surface area contributed by atoms with Crippen molar-refractivity contribution in [3.8, 4) is 5.75 Å². The molecule has 0 spiro atoms. The lowest BCUT2D eigenvalue weighted by atomic mass is 10.1. The monoisotopic (exact) mass is 291 g/mol. The molecule has 2 unspecified atom stereocenters. The fraction of sp³-hybridized carbons (Fsp3) is 0.647. The van der Waals surface area contributed by atoms with Gasteiger partial charge in [0.05, 0.1) is 25.9 Å². The summed E-state index contributed by atoms with van der Waals surface area (Å²) in [6.07, 6.45) is 5.21. The van der Waals surface area contributed by atoms with E-state index in [1.807, 2.05) is 12.1 Å². The SMILES string of the molecule is COc1ccc(C(CNC2CC2)OCC2CCCO2)cc1. The lowest BCUT2D eigenvalue weighted by molar-refractivity contribution is -0.0210. The van der Waals surface area contributed by atoms with Gasteiger partial charge in [0.1, 0.15) is 5.75 Å². The third kappa shape index (κ3) is 4.43. The van der Waals surface area contributed by atoms with E-state index < -0.39 is 0 Å². The van der Waals surface area contributed by atoms with Gasteiger partial charge in [-0.3, -0.25) is 0 Å². The number of hydrogen-bond donors (Lipinski definition) is 1. The van der Waals surface area contributed by atoms with Gasteiger partial charge in [0, 0.05) is 19.2 Å². The first-order chi connectivity index (χ1) is 10.3. The van der Waals surface area contributed by atoms with Gasteiger partial charge in [0.15, 0.2) is 0 Å². The van der Waals surface area contributed by atoms with Gasteiger partial charge in [-0.2, -0.15) is 0 Å². The van der Waals surface area contributed by atoms with Crippen molar-refractivity contribution in [2.75, 3.05) is 26.9 Å². The molecule has 2 fully saturated rings. The Kier molecular flexibility index (Phi) is 5.12. The lowest BCUT2D eigenvalue weighted by Crippen LogP contribution is -2.27. The molecule has 1 N–H and O–H groups in total. The summed E-state index contributed by atoms with van der Waals surface area (Å²) in [5.74, 6) is 0.881. The largest absolute Gasteiger partial charge is 0.497 e. The second kappa shape index (κ2) is 7.25. The Morgan fingerprint density at radius 1 is 1.24 bits per heavy atom. The number of nitrogens with one attached hydrogen (secondary N) is 1. The molecule has 1 aromatic rings. The molecule has 1 saturated carbocycles. The summed E-state index contributed by atoms with van der Waals surface area (Å²) in [4.78, 5) is 0. The van der Waals surface area contributed by atoms with Gasteiger partial charge in [0.2, 0.25) is 0 Å². The highest BCUT2D eigenvalue weighted by molar-refractivity contribution is 5.28. The first-order valence-corrected chi connectivity index (χ1v) is 7.95. The molecule has 1 aliphatic heterocycles. The molecule has 1 aromatic carbocycles. The van der Waals surface area contributed by atoms with Crippen molar-refractivity contribution in [1.29, 1.82) is 0 Å². The van der Waals surface area contributed by atoms with Crippen LogP contribution in [0.25, 0.3) is 0 Å². The Labute approximate surface area is 126 Å². The van der Waals surface area contributed by atoms with Crippen LogP contribution in [0, 0.1) is 0 Å². The highest BCUT2D eigenvalue weighted by atomic mass is 16.5. The predicted octanol–water partition coefficient (Wildman–Crippen LogP) is 2.68. The highest BCUT2D eigenvalue weighted by Crippen LogP contribution is 2.24. The van der Waals surface area contributed by atoms with Gasteiger partial charge in [-0.1, -0.05) is 12.1 Å². The van der Waals surface area contributed by atoms with Crippen LogP contribution in [-0.2, 0) is 9.47 Å². The summed E-state index contributed by atoms with van der Waals surface area (Å²) in [6.45, 7) is 2.42. The van der Waals surface area contributed by atoms with E-state index in [2.05, 4.69) is 17.4 Å². The van der Waals surface area contributed by atoms with E-state index in [4.69, 9.17) is 14.2 Å². The normalized spacial score (nSPS) is 23.2. The van der Waals surface area contributed by atoms with E-state index in [1.54, 1.807) is 7.11 Å². The molecule has 1 aliphatic carbocycles. The third-order valence-electron chi connectivity index (χ3n) is 4.16. The van der Waals surface area contributed by atoms with Crippen LogP contribution in [-0.4, -0.2) is 39.0 Å². The number of ether oxygens (including phenoxy) is 3. The number of hydrogen-bond acceptors (Lipinski definition) is 4. The van der Waals surface area contributed by atoms with Crippen molar-refractivity contribution in [2.45, 2.75) is 43.9 Å². The molecule has 0 bridgehead atoms. The summed E-state index contributed by atoms with van der Waals surface area (Å²) in [6, 6.07) is 8.86. The first-order valence-electron chi connectivity index (χ1n) is 7.95. The average molecular weight is 291 g/mol. The zero-order chi connectivity index (χ0) is 14.5.